The van der Waals surface area contributed by atoms with Gasteiger partial charge >= 0.3 is 0 Å². The predicted molar refractivity (Wildman–Crippen MR) is 65.6 cm³/mol. The van der Waals surface area contributed by atoms with E-state index in [2.05, 4.69) is 0 Å². The molecule has 90 valence electrons. The molecule has 1 saturated carbocycles. The monoisotopic (exact) mass is 233 g/mol. The lowest BCUT2D eigenvalue weighted by atomic mass is 10.0. The molecular weight excluding hydrogens is 217 g/mol. The van der Waals surface area contributed by atoms with E-state index in [0.717, 1.165) is 23.0 Å². The summed E-state index contributed by atoms with van der Waals surface area (Å²) in [7, 11) is 0. The molecule has 3 rings (SSSR count). The van der Waals surface area contributed by atoms with Crippen molar-refractivity contribution in [2.24, 2.45) is 5.73 Å². The highest BCUT2D eigenvalue weighted by molar-refractivity contribution is 5.81. The molecule has 0 aliphatic heterocycles. The van der Waals surface area contributed by atoms with Crippen molar-refractivity contribution in [3.05, 3.63) is 35.6 Å². The Morgan fingerprint density at radius 2 is 2.29 bits per heavy atom. The third-order valence-corrected chi connectivity index (χ3v) is 3.68. The number of alkyl halides is 1. The van der Waals surface area contributed by atoms with E-state index in [9.17, 15) is 4.39 Å². The molecule has 1 aromatic heterocycles. The molecule has 1 aliphatic carbocycles. The van der Waals surface area contributed by atoms with Gasteiger partial charge in [-0.05, 0) is 31.4 Å². The van der Waals surface area contributed by atoms with Crippen molar-refractivity contribution in [1.82, 2.24) is 0 Å². The van der Waals surface area contributed by atoms with Crippen LogP contribution in [0.25, 0.3) is 11.0 Å². The zero-order chi connectivity index (χ0) is 12.0. The molecule has 0 amide bonds. The van der Waals surface area contributed by atoms with Crippen LogP contribution in [0, 0.1) is 6.92 Å². The second kappa shape index (κ2) is 3.57. The standard InChI is InChI=1S/C14H16FNO/c1-9-3-2-4-10-7-12(17-13(9)10)14(15)6-5-11(16)8-14/h2-4,7,11H,5-6,8,16H2,1H3. The van der Waals surface area contributed by atoms with Crippen molar-refractivity contribution in [2.45, 2.75) is 37.9 Å². The molecule has 2 aromatic rings. The number of nitrogens with two attached hydrogens (primary N) is 1. The first-order valence-corrected chi connectivity index (χ1v) is 6.03. The highest BCUT2D eigenvalue weighted by Gasteiger charge is 2.42. The van der Waals surface area contributed by atoms with Gasteiger partial charge in [0.2, 0.25) is 0 Å². The summed E-state index contributed by atoms with van der Waals surface area (Å²) in [5, 5.41) is 0.970. The molecule has 2 atom stereocenters. The molecule has 0 bridgehead atoms. The van der Waals surface area contributed by atoms with E-state index in [4.69, 9.17) is 10.2 Å². The molecule has 2 N–H and O–H groups in total. The summed E-state index contributed by atoms with van der Waals surface area (Å²) < 4.78 is 20.4. The van der Waals surface area contributed by atoms with Crippen LogP contribution in [0.5, 0.6) is 0 Å². The summed E-state index contributed by atoms with van der Waals surface area (Å²) in [6.07, 6.45) is 1.56. The summed E-state index contributed by atoms with van der Waals surface area (Å²) in [6.45, 7) is 1.97. The zero-order valence-corrected chi connectivity index (χ0v) is 9.87. The summed E-state index contributed by atoms with van der Waals surface area (Å²) >= 11 is 0. The maximum Gasteiger partial charge on any atom is 0.169 e. The van der Waals surface area contributed by atoms with E-state index in [0.29, 0.717) is 18.6 Å². The highest BCUT2D eigenvalue weighted by Crippen LogP contribution is 2.43. The van der Waals surface area contributed by atoms with Gasteiger partial charge in [-0.1, -0.05) is 18.2 Å². The van der Waals surface area contributed by atoms with Crippen molar-refractivity contribution < 1.29 is 8.81 Å². The largest absolute Gasteiger partial charge is 0.457 e. The van der Waals surface area contributed by atoms with E-state index in [-0.39, 0.29) is 6.04 Å². The maximum absolute atomic E-state index is 14.7. The van der Waals surface area contributed by atoms with Crippen LogP contribution in [0.2, 0.25) is 0 Å². The smallest absolute Gasteiger partial charge is 0.169 e. The normalized spacial score (nSPS) is 29.0. The Morgan fingerprint density at radius 1 is 1.47 bits per heavy atom. The van der Waals surface area contributed by atoms with Crippen LogP contribution in [0.1, 0.15) is 30.6 Å². The number of furan rings is 1. The fourth-order valence-corrected chi connectivity index (χ4v) is 2.69. The fraction of sp³-hybridized carbons (Fsp3) is 0.429. The van der Waals surface area contributed by atoms with Crippen LogP contribution in [-0.4, -0.2) is 6.04 Å². The minimum Gasteiger partial charge on any atom is -0.457 e. The molecule has 17 heavy (non-hydrogen) atoms. The van der Waals surface area contributed by atoms with Crippen molar-refractivity contribution >= 4 is 11.0 Å². The van der Waals surface area contributed by atoms with Crippen molar-refractivity contribution in [2.75, 3.05) is 0 Å². The molecule has 1 aromatic carbocycles. The zero-order valence-electron chi connectivity index (χ0n) is 9.87. The van der Waals surface area contributed by atoms with Gasteiger partial charge in [-0.3, -0.25) is 0 Å². The SMILES string of the molecule is Cc1cccc2cc(C3(F)CCC(N)C3)oc12. The average molecular weight is 233 g/mol. The second-order valence-electron chi connectivity index (χ2n) is 5.07. The van der Waals surface area contributed by atoms with Crippen LogP contribution in [0.4, 0.5) is 4.39 Å². The summed E-state index contributed by atoms with van der Waals surface area (Å²) in [6, 6.07) is 7.66. The van der Waals surface area contributed by atoms with Gasteiger partial charge in [-0.25, -0.2) is 4.39 Å². The number of aryl methyl sites for hydroxylation is 1. The minimum atomic E-state index is -1.37. The van der Waals surface area contributed by atoms with Crippen molar-refractivity contribution in [3.63, 3.8) is 0 Å². The topological polar surface area (TPSA) is 39.2 Å². The number of fused-ring (bicyclic) bond motifs is 1. The number of benzene rings is 1. The number of para-hydroxylation sites is 1. The van der Waals surface area contributed by atoms with Crippen LogP contribution in [0.3, 0.4) is 0 Å². The quantitative estimate of drug-likeness (QED) is 0.819. The predicted octanol–water partition coefficient (Wildman–Crippen LogP) is 3.42. The Morgan fingerprint density at radius 3 is 2.94 bits per heavy atom. The van der Waals surface area contributed by atoms with Crippen LogP contribution in [0.15, 0.2) is 28.7 Å². The first-order valence-electron chi connectivity index (χ1n) is 6.03. The van der Waals surface area contributed by atoms with Gasteiger partial charge < -0.3 is 10.2 Å². The number of hydrogen-bond acceptors (Lipinski definition) is 2. The van der Waals surface area contributed by atoms with E-state index < -0.39 is 5.67 Å². The van der Waals surface area contributed by atoms with E-state index in [1.165, 1.54) is 0 Å². The Bertz CT molecular complexity index is 562. The molecule has 2 nitrogen and oxygen atoms in total. The summed E-state index contributed by atoms with van der Waals surface area (Å²) in [5.74, 6) is 0.440. The summed E-state index contributed by atoms with van der Waals surface area (Å²) in [5.41, 5.74) is 6.25. The lowest BCUT2D eigenvalue weighted by molar-refractivity contribution is 0.139. The number of hydrogen-bond donors (Lipinski definition) is 1. The molecular formula is C14H16FNO. The van der Waals surface area contributed by atoms with Gasteiger partial charge in [0.05, 0.1) is 0 Å². The molecule has 1 aliphatic rings. The molecule has 2 unspecified atom stereocenters. The van der Waals surface area contributed by atoms with E-state index >= 15 is 0 Å². The molecule has 0 spiro atoms. The van der Waals surface area contributed by atoms with Crippen LogP contribution >= 0.6 is 0 Å². The lowest BCUT2D eigenvalue weighted by Crippen LogP contribution is -2.20. The Balaban J connectivity index is 2.10. The molecule has 3 heteroatoms. The van der Waals surface area contributed by atoms with Crippen LogP contribution in [-0.2, 0) is 5.67 Å². The van der Waals surface area contributed by atoms with Gasteiger partial charge in [0.15, 0.2) is 5.67 Å². The first-order chi connectivity index (χ1) is 8.08. The third-order valence-electron chi connectivity index (χ3n) is 3.68. The Kier molecular flexibility index (Phi) is 2.26. The second-order valence-corrected chi connectivity index (χ2v) is 5.07. The van der Waals surface area contributed by atoms with Gasteiger partial charge in [0.25, 0.3) is 0 Å². The Labute approximate surface area is 99.6 Å². The Hall–Kier alpha value is -1.35. The lowest BCUT2D eigenvalue weighted by Gasteiger charge is -2.15. The van der Waals surface area contributed by atoms with Crippen molar-refractivity contribution in [3.8, 4) is 0 Å². The average Bonchev–Trinajstić information content (AvgIpc) is 2.85. The van der Waals surface area contributed by atoms with Crippen molar-refractivity contribution in [1.29, 1.82) is 0 Å². The van der Waals surface area contributed by atoms with E-state index in [1.54, 1.807) is 0 Å². The molecule has 0 radical (unpaired) electrons. The number of halogens is 1. The summed E-state index contributed by atoms with van der Waals surface area (Å²) in [4.78, 5) is 0. The van der Waals surface area contributed by atoms with Gasteiger partial charge in [0.1, 0.15) is 11.3 Å². The molecule has 1 fully saturated rings. The van der Waals surface area contributed by atoms with Crippen LogP contribution < -0.4 is 5.73 Å². The number of rotatable bonds is 1. The minimum absolute atomic E-state index is 0.0469. The third kappa shape index (κ3) is 1.65. The first kappa shape index (κ1) is 10.8. The molecule has 0 saturated heterocycles. The maximum atomic E-state index is 14.7. The van der Waals surface area contributed by atoms with Gasteiger partial charge in [-0.2, -0.15) is 0 Å². The fourth-order valence-electron chi connectivity index (χ4n) is 2.69. The molecule has 1 heterocycles. The van der Waals surface area contributed by atoms with Gasteiger partial charge in [0, 0.05) is 17.8 Å². The van der Waals surface area contributed by atoms with E-state index in [1.807, 2.05) is 31.2 Å². The van der Waals surface area contributed by atoms with Gasteiger partial charge in [-0.15, -0.1) is 0 Å². The highest BCUT2D eigenvalue weighted by atomic mass is 19.1.